The Labute approximate surface area is 245 Å². The fourth-order valence-electron chi connectivity index (χ4n) is 8.58. The van der Waals surface area contributed by atoms with Crippen molar-refractivity contribution >= 4 is 15.9 Å². The summed E-state index contributed by atoms with van der Waals surface area (Å²) >= 11 is -4.44. The quantitative estimate of drug-likeness (QED) is 0.182. The average molecular weight is 704 g/mol. The number of hydrogen-bond donors (Lipinski definition) is 0. The van der Waals surface area contributed by atoms with Gasteiger partial charge in [0.1, 0.15) is 0 Å². The van der Waals surface area contributed by atoms with Crippen LogP contribution in [0.2, 0.25) is 14.0 Å². The fourth-order valence-corrected chi connectivity index (χ4v) is 35.4. The summed E-state index contributed by atoms with van der Waals surface area (Å²) in [5.74, 6) is 0. The van der Waals surface area contributed by atoms with Gasteiger partial charge >= 0.3 is 247 Å². The van der Waals surface area contributed by atoms with Crippen molar-refractivity contribution in [2.75, 3.05) is 0 Å². The molecule has 0 spiro atoms. The molecule has 2 aliphatic carbocycles. The van der Waals surface area contributed by atoms with Gasteiger partial charge in [0.25, 0.3) is 0 Å². The number of hydrogen-bond acceptors (Lipinski definition) is 0. The second kappa shape index (κ2) is 9.30. The zero-order valence-electron chi connectivity index (χ0n) is 26.2. The van der Waals surface area contributed by atoms with E-state index >= 15 is 0 Å². The third kappa shape index (κ3) is 4.30. The van der Waals surface area contributed by atoms with Crippen LogP contribution in [0.3, 0.4) is 0 Å². The molecule has 2 unspecified atom stereocenters. The van der Waals surface area contributed by atoms with Crippen molar-refractivity contribution < 1.29 is 16.5 Å². The Hall–Kier alpha value is -2.90. The van der Waals surface area contributed by atoms with E-state index in [2.05, 4.69) is 150 Å². The molecule has 0 N–H and O–H groups in total. The van der Waals surface area contributed by atoms with E-state index in [9.17, 15) is 0 Å². The molecule has 0 amide bonds. The van der Waals surface area contributed by atoms with Crippen LogP contribution in [-0.4, -0.2) is 3.76 Å². The number of fused-ring (bicyclic) bond motifs is 2. The van der Waals surface area contributed by atoms with Crippen LogP contribution in [0.4, 0.5) is 0 Å². The van der Waals surface area contributed by atoms with Gasteiger partial charge in [0.2, 0.25) is 0 Å². The predicted molar refractivity (Wildman–Crippen MR) is 180 cm³/mol. The topological polar surface area (TPSA) is 0 Å². The summed E-state index contributed by atoms with van der Waals surface area (Å²) in [4.78, 5) is 0. The molecule has 1 heteroatoms. The zero-order chi connectivity index (χ0) is 29.2. The molecule has 2 aliphatic rings. The maximum absolute atomic E-state index is 4.44. The van der Waals surface area contributed by atoms with E-state index in [1.165, 1.54) is 66.8 Å². The molecule has 41 heavy (non-hydrogen) atoms. The summed E-state index contributed by atoms with van der Waals surface area (Å²) < 4.78 is 11.9. The van der Waals surface area contributed by atoms with Crippen molar-refractivity contribution in [3.05, 3.63) is 129 Å². The van der Waals surface area contributed by atoms with Gasteiger partial charge in [0.05, 0.1) is 0 Å². The van der Waals surface area contributed by atoms with E-state index in [0.29, 0.717) is 7.35 Å². The molecule has 0 fully saturated rings. The van der Waals surface area contributed by atoms with Gasteiger partial charge in [-0.05, 0) is 0 Å². The first-order valence-corrected chi connectivity index (χ1v) is 32.4. The van der Waals surface area contributed by atoms with Crippen LogP contribution in [0, 0.1) is 27.7 Å². The Kier molecular flexibility index (Phi) is 6.40. The number of allylic oxidation sites excluding steroid dienone is 2. The van der Waals surface area contributed by atoms with E-state index < -0.39 is 16.5 Å². The van der Waals surface area contributed by atoms with E-state index in [0.717, 1.165) is 6.42 Å². The Morgan fingerprint density at radius 3 is 1.44 bits per heavy atom. The summed E-state index contributed by atoms with van der Waals surface area (Å²) in [6.45, 7) is 11.2. The molecule has 0 bridgehead atoms. The number of aryl methyl sites for hydroxylation is 4. The van der Waals surface area contributed by atoms with E-state index in [1.807, 2.05) is 0 Å². The monoisotopic (exact) mass is 705 g/mol. The fraction of sp³-hybridized carbons (Fsp3) is 0.275. The van der Waals surface area contributed by atoms with Crippen LogP contribution in [0.1, 0.15) is 65.2 Å². The van der Waals surface area contributed by atoms with Gasteiger partial charge in [-0.25, -0.2) is 0 Å². The van der Waals surface area contributed by atoms with E-state index in [-0.39, 0.29) is 0 Å². The summed E-state index contributed by atoms with van der Waals surface area (Å²) in [7, 11) is 0. The number of rotatable bonds is 5. The van der Waals surface area contributed by atoms with Crippen molar-refractivity contribution in [2.45, 2.75) is 62.4 Å². The van der Waals surface area contributed by atoms with Gasteiger partial charge in [-0.1, -0.05) is 0 Å². The molecule has 0 aromatic heterocycles. The van der Waals surface area contributed by atoms with E-state index in [4.69, 9.17) is 0 Å². The van der Waals surface area contributed by atoms with Gasteiger partial charge in [0.15, 0.2) is 0 Å². The predicted octanol–water partition coefficient (Wildman–Crippen LogP) is 11.7. The third-order valence-corrected chi connectivity index (χ3v) is 40.6. The van der Waals surface area contributed by atoms with Gasteiger partial charge in [-0.2, -0.15) is 0 Å². The molecule has 2 atom stereocenters. The Morgan fingerprint density at radius 1 is 0.585 bits per heavy atom. The first-order valence-electron chi connectivity index (χ1n) is 15.4. The molecule has 4 aromatic rings. The summed E-state index contributed by atoms with van der Waals surface area (Å²) in [6, 6.07) is 27.8. The molecular weight excluding hydrogens is 659 g/mol. The van der Waals surface area contributed by atoms with Crippen molar-refractivity contribution in [2.24, 2.45) is 0 Å². The molecule has 0 nitrogen and oxygen atoms in total. The van der Waals surface area contributed by atoms with Gasteiger partial charge < -0.3 is 0 Å². The molecule has 0 saturated heterocycles. The molecule has 6 rings (SSSR count). The SMILES string of the molecule is CC[CH]=[Hf]([CH3])([CH3])([CH3])([CH]1C=Cc2c(-c3cc(C)ccc3C)cccc21)[CH]1C=Cc2c(-c3cc(C)ccc3C)cccc21. The Balaban J connectivity index is 1.55. The van der Waals surface area contributed by atoms with Gasteiger partial charge in [-0.15, -0.1) is 0 Å². The van der Waals surface area contributed by atoms with Crippen LogP contribution >= 0.6 is 0 Å². The number of benzene rings is 4. The van der Waals surface area contributed by atoms with Crippen molar-refractivity contribution in [1.82, 2.24) is 0 Å². The average Bonchev–Trinajstić information content (AvgIpc) is 3.58. The molecule has 0 aliphatic heterocycles. The van der Waals surface area contributed by atoms with E-state index in [1.54, 1.807) is 0 Å². The second-order valence-corrected chi connectivity index (χ2v) is 54.1. The minimum absolute atomic E-state index is 0.426. The van der Waals surface area contributed by atoms with Crippen molar-refractivity contribution in [1.29, 1.82) is 0 Å². The van der Waals surface area contributed by atoms with Crippen LogP contribution in [-0.2, 0) is 16.5 Å². The van der Waals surface area contributed by atoms with Crippen LogP contribution < -0.4 is 0 Å². The minimum atomic E-state index is -4.44. The molecule has 0 heterocycles. The third-order valence-electron chi connectivity index (χ3n) is 10.9. The summed E-state index contributed by atoms with van der Waals surface area (Å²) in [5.41, 5.74) is 16.7. The zero-order valence-corrected chi connectivity index (χ0v) is 29.8. The van der Waals surface area contributed by atoms with Gasteiger partial charge in [-0.3, -0.25) is 0 Å². The summed E-state index contributed by atoms with van der Waals surface area (Å²) in [6.07, 6.45) is 11.2. The van der Waals surface area contributed by atoms with Crippen molar-refractivity contribution in [3.63, 3.8) is 0 Å². The standard InChI is InChI=1S/2C17H15.C3H6.3CH3.Hf/c2*1-12-9-10-13(2)17(11-12)16-8-4-6-14-5-3-7-15(14)16;1-3-2;;;;/h2*3-11H,1-2H3;1H,3H2,2H3;3*1H3;. The second-order valence-electron chi connectivity index (χ2n) is 15.1. The molecule has 0 saturated carbocycles. The molecular formula is C40H45Hf. The first kappa shape index (κ1) is 28.2. The van der Waals surface area contributed by atoms with Gasteiger partial charge in [0, 0.05) is 0 Å². The Bertz CT molecular complexity index is 1750. The molecule has 4 aromatic carbocycles. The maximum atomic E-state index is 2.83. The Morgan fingerprint density at radius 2 is 1.02 bits per heavy atom. The first-order chi connectivity index (χ1) is 19.4. The molecule has 209 valence electrons. The molecule has 0 radical (unpaired) electrons. The van der Waals surface area contributed by atoms with Crippen molar-refractivity contribution in [3.8, 4) is 22.3 Å². The van der Waals surface area contributed by atoms with Crippen LogP contribution in [0.25, 0.3) is 34.4 Å². The normalized spacial score (nSPS) is 19.0. The van der Waals surface area contributed by atoms with Crippen LogP contribution in [0.15, 0.2) is 84.9 Å². The van der Waals surface area contributed by atoms with Crippen LogP contribution in [0.5, 0.6) is 0 Å². The summed E-state index contributed by atoms with van der Waals surface area (Å²) in [5, 5.41) is 0.